The van der Waals surface area contributed by atoms with Crippen LogP contribution in [0.5, 0.6) is 0 Å². The Labute approximate surface area is 272 Å². The minimum absolute atomic E-state index is 0. The summed E-state index contributed by atoms with van der Waals surface area (Å²) < 4.78 is 0.876. The molecule has 0 unspecified atom stereocenters. The van der Waals surface area contributed by atoms with Gasteiger partial charge in [-0.15, -0.1) is 12.4 Å². The molecular formula is C34H68Cl2N4O2. The third-order valence-corrected chi connectivity index (χ3v) is 10.0. The van der Waals surface area contributed by atoms with Crippen LogP contribution in [0.25, 0.3) is 0 Å². The second kappa shape index (κ2) is 23.8. The van der Waals surface area contributed by atoms with Crippen LogP contribution >= 0.6 is 12.4 Å². The van der Waals surface area contributed by atoms with Crippen molar-refractivity contribution in [1.82, 2.24) is 15.1 Å². The molecule has 0 aromatic rings. The summed E-state index contributed by atoms with van der Waals surface area (Å²) in [6.45, 7) is 7.57. The molecule has 0 aromatic heterocycles. The maximum Gasteiger partial charge on any atom is 0.222 e. The second-order valence-corrected chi connectivity index (χ2v) is 13.6. The molecule has 0 aromatic carbocycles. The lowest BCUT2D eigenvalue weighted by Gasteiger charge is -2.52. The Kier molecular flexibility index (Phi) is 23.5. The number of carbonyl (C=O) groups is 2. The lowest BCUT2D eigenvalue weighted by atomic mass is 9.88. The van der Waals surface area contributed by atoms with Crippen LogP contribution < -0.4 is 17.7 Å². The van der Waals surface area contributed by atoms with Crippen molar-refractivity contribution >= 4 is 24.2 Å². The molecule has 250 valence electrons. The van der Waals surface area contributed by atoms with Crippen LogP contribution in [-0.2, 0) is 9.59 Å². The van der Waals surface area contributed by atoms with Crippen LogP contribution in [0.2, 0.25) is 0 Å². The van der Waals surface area contributed by atoms with Crippen molar-refractivity contribution in [3.63, 3.8) is 0 Å². The molecule has 2 aliphatic heterocycles. The summed E-state index contributed by atoms with van der Waals surface area (Å²) in [6.07, 6.45) is 26.5. The first-order chi connectivity index (χ1) is 19.3. The highest BCUT2D eigenvalue weighted by Crippen LogP contribution is 2.32. The molecule has 8 heteroatoms. The van der Waals surface area contributed by atoms with Gasteiger partial charge in [-0.05, 0) is 32.7 Å². The fourth-order valence-corrected chi connectivity index (χ4v) is 7.00. The summed E-state index contributed by atoms with van der Waals surface area (Å²) in [5.41, 5.74) is -0.140. The lowest BCUT2D eigenvalue weighted by molar-refractivity contribution is -0.941. The van der Waals surface area contributed by atoms with Gasteiger partial charge in [0.25, 0.3) is 0 Å². The fourth-order valence-electron chi connectivity index (χ4n) is 7.00. The largest absolute Gasteiger partial charge is 1.00 e. The molecule has 0 saturated carbocycles. The molecule has 0 spiro atoms. The Morgan fingerprint density at radius 2 is 1.07 bits per heavy atom. The van der Waals surface area contributed by atoms with Crippen molar-refractivity contribution in [3.05, 3.63) is 0 Å². The Hall–Kier alpha value is -0.560. The fraction of sp³-hybridized carbons (Fsp3) is 0.941. The molecule has 0 radical (unpaired) electrons. The molecule has 0 atom stereocenters. The third-order valence-electron chi connectivity index (χ3n) is 10.0. The summed E-state index contributed by atoms with van der Waals surface area (Å²) in [4.78, 5) is 29.6. The summed E-state index contributed by atoms with van der Waals surface area (Å²) in [5.74, 6) is 0.591. The van der Waals surface area contributed by atoms with E-state index < -0.39 is 0 Å². The Balaban J connectivity index is 0.00000840. The predicted octanol–water partition coefficient (Wildman–Crippen LogP) is 4.34. The molecule has 2 aliphatic rings. The summed E-state index contributed by atoms with van der Waals surface area (Å²) in [6, 6.07) is 0. The number of carbonyl (C=O) groups excluding carboxylic acids is 2. The molecule has 42 heavy (non-hydrogen) atoms. The van der Waals surface area contributed by atoms with Crippen LogP contribution in [0.1, 0.15) is 142 Å². The molecular weight excluding hydrogens is 567 g/mol. The molecule has 2 fully saturated rings. The molecule has 0 bridgehead atoms. The van der Waals surface area contributed by atoms with Gasteiger partial charge in [-0.2, -0.15) is 0 Å². The zero-order valence-electron chi connectivity index (χ0n) is 28.0. The van der Waals surface area contributed by atoms with Crippen molar-refractivity contribution in [2.75, 3.05) is 60.4 Å². The molecule has 1 N–H and O–H groups in total. The van der Waals surface area contributed by atoms with Gasteiger partial charge in [0.15, 0.2) is 0 Å². The molecule has 2 saturated heterocycles. The molecule has 6 nitrogen and oxygen atoms in total. The normalized spacial score (nSPS) is 15.8. The molecule has 2 rings (SSSR count). The van der Waals surface area contributed by atoms with Gasteiger partial charge in [0.1, 0.15) is 5.54 Å². The van der Waals surface area contributed by atoms with Gasteiger partial charge >= 0.3 is 0 Å². The van der Waals surface area contributed by atoms with E-state index in [1.165, 1.54) is 103 Å². The summed E-state index contributed by atoms with van der Waals surface area (Å²) >= 11 is 0. The van der Waals surface area contributed by atoms with Crippen LogP contribution in [0.15, 0.2) is 0 Å². The Morgan fingerprint density at radius 1 is 0.690 bits per heavy atom. The number of halogens is 2. The highest BCUT2D eigenvalue weighted by atomic mass is 35.5. The number of likely N-dealkylation sites (N-methyl/N-ethyl adjacent to an activating group) is 1. The van der Waals surface area contributed by atoms with Gasteiger partial charge in [-0.1, -0.05) is 96.8 Å². The van der Waals surface area contributed by atoms with E-state index in [1.54, 1.807) is 0 Å². The van der Waals surface area contributed by atoms with Crippen molar-refractivity contribution in [1.29, 1.82) is 0 Å². The van der Waals surface area contributed by atoms with E-state index in [1.807, 2.05) is 7.05 Å². The number of rotatable bonds is 25. The van der Waals surface area contributed by atoms with Crippen molar-refractivity contribution < 1.29 is 26.5 Å². The van der Waals surface area contributed by atoms with Gasteiger partial charge in [0.05, 0.1) is 33.7 Å². The maximum absolute atomic E-state index is 12.7. The van der Waals surface area contributed by atoms with Gasteiger partial charge in [0, 0.05) is 38.9 Å². The topological polar surface area (TPSA) is 52.7 Å². The highest BCUT2D eigenvalue weighted by molar-refractivity contribution is 5.85. The van der Waals surface area contributed by atoms with E-state index in [0.717, 1.165) is 63.0 Å². The Bertz CT molecular complexity index is 679. The van der Waals surface area contributed by atoms with Crippen LogP contribution in [0, 0.1) is 0 Å². The number of nitrogens with zero attached hydrogens (tertiary/aromatic N) is 3. The summed E-state index contributed by atoms with van der Waals surface area (Å²) in [7, 11) is 6.74. The quantitative estimate of drug-likeness (QED) is 0.120. The highest BCUT2D eigenvalue weighted by Gasteiger charge is 2.49. The average molecular weight is 636 g/mol. The first-order valence-corrected chi connectivity index (χ1v) is 17.4. The van der Waals surface area contributed by atoms with Crippen LogP contribution in [0.4, 0.5) is 0 Å². The number of unbranched alkanes of at least 4 members (excludes halogenated alkanes) is 15. The zero-order valence-corrected chi connectivity index (χ0v) is 29.6. The minimum atomic E-state index is -0.140. The smallest absolute Gasteiger partial charge is 0.222 e. The predicted molar refractivity (Wildman–Crippen MR) is 177 cm³/mol. The van der Waals surface area contributed by atoms with E-state index in [-0.39, 0.29) is 30.4 Å². The average Bonchev–Trinajstić information content (AvgIpc) is 3.53. The number of amides is 2. The zero-order chi connectivity index (χ0) is 29.1. The number of nitrogens with one attached hydrogen (secondary N) is 1. The lowest BCUT2D eigenvalue weighted by Crippen LogP contribution is -3.00. The molecule has 2 heterocycles. The standard InChI is InChI=1S/C34H67N4O2.2ClH/c1-5-6-7-8-9-10-11-12-13-14-15-16-17-18-19-20-29-38(3,4)34(25-26-35-2,30-36-27-21-23-32(36)39)31-37-28-22-24-33(37)40;;/h35H,5-31H2,1-4H3;2*1H/q+1;;/p-1. The first kappa shape index (κ1) is 41.4. The van der Waals surface area contributed by atoms with Crippen molar-refractivity contribution in [3.8, 4) is 0 Å². The van der Waals surface area contributed by atoms with Crippen LogP contribution in [-0.4, -0.2) is 92.0 Å². The van der Waals surface area contributed by atoms with Gasteiger partial charge in [-0.25, -0.2) is 0 Å². The van der Waals surface area contributed by atoms with Gasteiger partial charge in [0.2, 0.25) is 11.8 Å². The number of hydrogen-bond acceptors (Lipinski definition) is 3. The van der Waals surface area contributed by atoms with Crippen molar-refractivity contribution in [2.24, 2.45) is 0 Å². The second-order valence-electron chi connectivity index (χ2n) is 13.6. The van der Waals surface area contributed by atoms with E-state index in [4.69, 9.17) is 0 Å². The van der Waals surface area contributed by atoms with Crippen molar-refractivity contribution in [2.45, 2.75) is 147 Å². The van der Waals surface area contributed by atoms with E-state index in [2.05, 4.69) is 36.1 Å². The van der Waals surface area contributed by atoms with E-state index in [0.29, 0.717) is 24.7 Å². The summed E-state index contributed by atoms with van der Waals surface area (Å²) in [5, 5.41) is 3.37. The molecule has 0 aliphatic carbocycles. The molecule has 2 amide bonds. The Morgan fingerprint density at radius 3 is 1.40 bits per heavy atom. The maximum atomic E-state index is 12.7. The third kappa shape index (κ3) is 14.9. The minimum Gasteiger partial charge on any atom is -1.00 e. The van der Waals surface area contributed by atoms with E-state index in [9.17, 15) is 9.59 Å². The monoisotopic (exact) mass is 634 g/mol. The number of quaternary nitrogens is 1. The van der Waals surface area contributed by atoms with Gasteiger partial charge < -0.3 is 32.0 Å². The number of likely N-dealkylation sites (tertiary alicyclic amines) is 2. The first-order valence-electron chi connectivity index (χ1n) is 17.4. The SMILES string of the molecule is CCCCCCCCCCCCCCCCCC[N+](C)(C)C(CCNC)(CN1CCCC1=O)CN1CCCC1=O.Cl.[Cl-]. The van der Waals surface area contributed by atoms with Gasteiger partial charge in [-0.3, -0.25) is 9.59 Å². The number of hydrogen-bond donors (Lipinski definition) is 1. The van der Waals surface area contributed by atoms with Crippen LogP contribution in [0.3, 0.4) is 0 Å². The van der Waals surface area contributed by atoms with E-state index >= 15 is 0 Å².